The second-order valence-corrected chi connectivity index (χ2v) is 2.23. The van der Waals surface area contributed by atoms with Crippen LogP contribution in [0.5, 0.6) is 0 Å². The monoisotopic (exact) mass is 208 g/mol. The van der Waals surface area contributed by atoms with Gasteiger partial charge >= 0.3 is 0 Å². The van der Waals surface area contributed by atoms with E-state index in [1.807, 2.05) is 13.8 Å². The number of hydrogen-bond acceptors (Lipinski definition) is 6. The third kappa shape index (κ3) is 22.6. The van der Waals surface area contributed by atoms with Crippen molar-refractivity contribution < 1.29 is 9.68 Å². The van der Waals surface area contributed by atoms with Gasteiger partial charge in [0, 0.05) is 26.2 Å². The van der Waals surface area contributed by atoms with E-state index in [4.69, 9.17) is 21.1 Å². The van der Waals surface area contributed by atoms with Gasteiger partial charge in [0.1, 0.15) is 0 Å². The van der Waals surface area contributed by atoms with Gasteiger partial charge in [0.05, 0.1) is 13.2 Å². The van der Waals surface area contributed by atoms with E-state index in [1.165, 1.54) is 0 Å². The second kappa shape index (κ2) is 18.5. The maximum Gasteiger partial charge on any atom is 0.0653 e. The van der Waals surface area contributed by atoms with Crippen molar-refractivity contribution in [3.8, 4) is 0 Å². The highest BCUT2D eigenvalue weighted by Gasteiger charge is 1.76. The Labute approximate surface area is 86.2 Å². The van der Waals surface area contributed by atoms with Crippen molar-refractivity contribution in [1.82, 2.24) is 11.0 Å². The third-order valence-corrected chi connectivity index (χ3v) is 0.986. The van der Waals surface area contributed by atoms with Gasteiger partial charge in [-0.1, -0.05) is 0 Å². The number of hydrogen-bond donors (Lipinski definition) is 4. The highest BCUT2D eigenvalue weighted by molar-refractivity contribution is 4.31. The molecule has 0 aliphatic rings. The summed E-state index contributed by atoms with van der Waals surface area (Å²) >= 11 is 0. The van der Waals surface area contributed by atoms with Gasteiger partial charge in [-0.15, -0.1) is 0 Å². The minimum absolute atomic E-state index is 0.625. The van der Waals surface area contributed by atoms with Crippen LogP contribution in [0.25, 0.3) is 0 Å². The Hall–Kier alpha value is -0.240. The molecule has 14 heavy (non-hydrogen) atoms. The predicted molar refractivity (Wildman–Crippen MR) is 57.4 cm³/mol. The van der Waals surface area contributed by atoms with Crippen LogP contribution in [0.3, 0.4) is 0 Å². The summed E-state index contributed by atoms with van der Waals surface area (Å²) in [6.45, 7) is 7.94. The molecule has 6 heteroatoms. The van der Waals surface area contributed by atoms with Crippen molar-refractivity contribution in [2.45, 2.75) is 13.8 Å². The molecule has 0 radical (unpaired) electrons. The molecule has 0 amide bonds. The zero-order valence-corrected chi connectivity index (χ0v) is 9.21. The molecule has 0 saturated heterocycles. The van der Waals surface area contributed by atoms with Crippen LogP contribution in [-0.2, 0) is 9.68 Å². The fraction of sp³-hybridized carbons (Fsp3) is 1.00. The van der Waals surface area contributed by atoms with Gasteiger partial charge in [-0.25, -0.2) is 11.0 Å². The first-order valence-corrected chi connectivity index (χ1v) is 4.92. The smallest absolute Gasteiger partial charge is 0.0653 e. The topological polar surface area (TPSA) is 94.6 Å². The molecule has 0 bridgehead atoms. The van der Waals surface area contributed by atoms with E-state index < -0.39 is 0 Å². The van der Waals surface area contributed by atoms with E-state index >= 15 is 0 Å². The van der Waals surface area contributed by atoms with E-state index in [0.29, 0.717) is 26.3 Å². The maximum atomic E-state index is 5.13. The molecule has 0 rings (SSSR count). The minimum atomic E-state index is 0.625. The lowest BCUT2D eigenvalue weighted by atomic mass is 10.7. The molecule has 0 heterocycles. The summed E-state index contributed by atoms with van der Waals surface area (Å²) in [5.74, 6) is 0. The number of rotatable bonds is 8. The quantitative estimate of drug-likeness (QED) is 0.301. The summed E-state index contributed by atoms with van der Waals surface area (Å²) in [5, 5.41) is 0. The lowest BCUT2D eigenvalue weighted by Gasteiger charge is -1.97. The van der Waals surface area contributed by atoms with Gasteiger partial charge in [0.15, 0.2) is 0 Å². The minimum Gasteiger partial charge on any atom is -0.329 e. The molecular formula is C8H24N4O2. The maximum absolute atomic E-state index is 5.13. The van der Waals surface area contributed by atoms with Crippen LogP contribution in [0.4, 0.5) is 0 Å². The molecule has 6 N–H and O–H groups in total. The molecular weight excluding hydrogens is 184 g/mol. The Morgan fingerprint density at radius 1 is 0.857 bits per heavy atom. The predicted octanol–water partition coefficient (Wildman–Crippen LogP) is -1.03. The van der Waals surface area contributed by atoms with Crippen LogP contribution in [0.1, 0.15) is 13.8 Å². The molecule has 0 aromatic heterocycles. The summed E-state index contributed by atoms with van der Waals surface area (Å²) in [6.07, 6.45) is 0. The summed E-state index contributed by atoms with van der Waals surface area (Å²) in [6, 6.07) is 0. The first-order valence-electron chi connectivity index (χ1n) is 4.92. The largest absolute Gasteiger partial charge is 0.329 e. The van der Waals surface area contributed by atoms with Gasteiger partial charge in [-0.2, -0.15) is 0 Å². The van der Waals surface area contributed by atoms with Crippen molar-refractivity contribution in [2.24, 2.45) is 11.5 Å². The first kappa shape index (κ1) is 16.2. The zero-order chi connectivity index (χ0) is 11.1. The van der Waals surface area contributed by atoms with Crippen molar-refractivity contribution in [3.05, 3.63) is 0 Å². The van der Waals surface area contributed by atoms with Gasteiger partial charge in [-0.3, -0.25) is 0 Å². The van der Waals surface area contributed by atoms with Gasteiger partial charge in [0.2, 0.25) is 0 Å². The van der Waals surface area contributed by atoms with E-state index in [9.17, 15) is 0 Å². The molecule has 0 aromatic carbocycles. The third-order valence-electron chi connectivity index (χ3n) is 0.986. The Kier molecular flexibility index (Phi) is 21.4. The van der Waals surface area contributed by atoms with Gasteiger partial charge in [-0.05, 0) is 13.8 Å². The van der Waals surface area contributed by atoms with E-state index in [0.717, 1.165) is 13.1 Å². The van der Waals surface area contributed by atoms with Crippen molar-refractivity contribution in [2.75, 3.05) is 39.4 Å². The second-order valence-electron chi connectivity index (χ2n) is 2.23. The van der Waals surface area contributed by atoms with Crippen LogP contribution in [0, 0.1) is 0 Å². The van der Waals surface area contributed by atoms with Gasteiger partial charge in [0.25, 0.3) is 0 Å². The molecule has 88 valence electrons. The van der Waals surface area contributed by atoms with E-state index in [-0.39, 0.29) is 0 Å². The fourth-order valence-corrected chi connectivity index (χ4v) is 0.466. The molecule has 6 nitrogen and oxygen atoms in total. The van der Waals surface area contributed by atoms with Crippen LogP contribution in [0.15, 0.2) is 0 Å². The van der Waals surface area contributed by atoms with E-state index in [1.54, 1.807) is 0 Å². The van der Waals surface area contributed by atoms with Crippen molar-refractivity contribution in [3.63, 3.8) is 0 Å². The molecule has 0 aliphatic carbocycles. The highest BCUT2D eigenvalue weighted by atomic mass is 16.6. The summed E-state index contributed by atoms with van der Waals surface area (Å²) < 4.78 is 0. The van der Waals surface area contributed by atoms with Crippen LogP contribution in [0.2, 0.25) is 0 Å². The van der Waals surface area contributed by atoms with Crippen molar-refractivity contribution in [1.29, 1.82) is 0 Å². The number of nitrogens with one attached hydrogen (secondary N) is 2. The Morgan fingerprint density at radius 3 is 1.43 bits per heavy atom. The summed E-state index contributed by atoms with van der Waals surface area (Å²) in [4.78, 5) is 9.49. The SMILES string of the molecule is CCONCCN.CCONCCN. The summed E-state index contributed by atoms with van der Waals surface area (Å²) in [5.41, 5.74) is 15.6. The molecule has 0 spiro atoms. The molecule has 0 unspecified atom stereocenters. The van der Waals surface area contributed by atoms with Crippen LogP contribution >= 0.6 is 0 Å². The van der Waals surface area contributed by atoms with E-state index in [2.05, 4.69) is 11.0 Å². The highest BCUT2D eigenvalue weighted by Crippen LogP contribution is 1.59. The normalized spacial score (nSPS) is 9.43. The number of nitrogens with two attached hydrogens (primary N) is 2. The Balaban J connectivity index is 0. The van der Waals surface area contributed by atoms with Gasteiger partial charge < -0.3 is 21.1 Å². The molecule has 0 atom stereocenters. The average Bonchev–Trinajstić information content (AvgIpc) is 2.21. The Bertz CT molecular complexity index is 67.7. The summed E-state index contributed by atoms with van der Waals surface area (Å²) in [7, 11) is 0. The standard InChI is InChI=1S/2C4H12N2O/c2*1-2-7-6-4-3-5/h2*6H,2-5H2,1H3. The van der Waals surface area contributed by atoms with Crippen molar-refractivity contribution >= 4 is 0 Å². The molecule has 0 fully saturated rings. The molecule has 0 saturated carbocycles. The van der Waals surface area contributed by atoms with Crippen LogP contribution < -0.4 is 22.4 Å². The first-order chi connectivity index (χ1) is 6.83. The van der Waals surface area contributed by atoms with Crippen LogP contribution in [-0.4, -0.2) is 39.4 Å². The lowest BCUT2D eigenvalue weighted by Crippen LogP contribution is -2.22. The average molecular weight is 208 g/mol. The molecule has 0 aromatic rings. The molecule has 0 aliphatic heterocycles. The number of hydroxylamine groups is 2. The Morgan fingerprint density at radius 2 is 1.21 bits per heavy atom. The zero-order valence-electron chi connectivity index (χ0n) is 9.21. The lowest BCUT2D eigenvalue weighted by molar-refractivity contribution is 0.0531. The fourth-order valence-electron chi connectivity index (χ4n) is 0.466.